The number of nitrogens with one attached hydrogen (secondary N) is 1. The van der Waals surface area contributed by atoms with E-state index in [1.165, 1.54) is 101 Å². The van der Waals surface area contributed by atoms with Gasteiger partial charge in [0.1, 0.15) is 13.2 Å². The fourth-order valence-corrected chi connectivity index (χ4v) is 6.57. The summed E-state index contributed by atoms with van der Waals surface area (Å²) in [6.07, 6.45) is 33.6. The van der Waals surface area contributed by atoms with E-state index >= 15 is 0 Å². The molecule has 1 aromatic heterocycles. The molecule has 306 valence electrons. The number of amides is 1. The number of aromatic nitrogens is 2. The third-order valence-electron chi connectivity index (χ3n) is 9.88. The average Bonchev–Trinajstić information content (AvgIpc) is 3.65. The molecule has 0 aliphatic rings. The fourth-order valence-electron chi connectivity index (χ4n) is 6.57. The predicted octanol–water partition coefficient (Wildman–Crippen LogP) is 9.22. The summed E-state index contributed by atoms with van der Waals surface area (Å²) < 4.78 is 10.9. The molecule has 0 bridgehead atoms. The van der Waals surface area contributed by atoms with Crippen LogP contribution in [0.3, 0.4) is 0 Å². The van der Waals surface area contributed by atoms with E-state index in [4.69, 9.17) is 20.3 Å². The first-order chi connectivity index (χ1) is 25.8. The van der Waals surface area contributed by atoms with E-state index in [-0.39, 0.29) is 50.6 Å². The van der Waals surface area contributed by atoms with Crippen molar-refractivity contribution < 1.29 is 33.8 Å². The first kappa shape index (κ1) is 48.1. The molecule has 0 aliphatic carbocycles. The molecule has 0 spiro atoms. The number of imidazole rings is 1. The number of aromatic amines is 1. The van der Waals surface area contributed by atoms with Crippen LogP contribution >= 0.6 is 0 Å². The van der Waals surface area contributed by atoms with Gasteiger partial charge in [-0.1, -0.05) is 148 Å². The summed E-state index contributed by atoms with van der Waals surface area (Å²) in [6.45, 7) is 2.75. The van der Waals surface area contributed by atoms with E-state index in [0.717, 1.165) is 69.9 Å². The SMILES string of the molecule is CCCCCCCCCCCCCCCC(=O)OCCN(CCOC(=O)CCCCCCCCCCCCCCC(=O)O)C(=O)[C@@H](N)Cc1cnc[nH]1. The Kier molecular flexibility index (Phi) is 31.6. The van der Waals surface area contributed by atoms with E-state index in [2.05, 4.69) is 16.9 Å². The van der Waals surface area contributed by atoms with Gasteiger partial charge in [-0.25, -0.2) is 4.98 Å². The van der Waals surface area contributed by atoms with E-state index in [0.29, 0.717) is 19.3 Å². The number of carbonyl (C=O) groups excluding carboxylic acids is 3. The third-order valence-corrected chi connectivity index (χ3v) is 9.88. The van der Waals surface area contributed by atoms with Gasteiger partial charge in [0.15, 0.2) is 0 Å². The van der Waals surface area contributed by atoms with Gasteiger partial charge in [0, 0.05) is 37.6 Å². The minimum atomic E-state index is -0.803. The maximum absolute atomic E-state index is 13.2. The molecule has 11 nitrogen and oxygen atoms in total. The molecule has 1 atom stereocenters. The summed E-state index contributed by atoms with van der Waals surface area (Å²) in [6, 6.07) is -0.803. The molecule has 0 aromatic carbocycles. The number of esters is 2. The molecular weight excluding hydrogens is 672 g/mol. The van der Waals surface area contributed by atoms with E-state index in [1.54, 1.807) is 12.5 Å². The molecular formula is C42H76N4O7. The van der Waals surface area contributed by atoms with Crippen LogP contribution in [0.25, 0.3) is 0 Å². The Morgan fingerprint density at radius 2 is 1.02 bits per heavy atom. The number of carboxylic acid groups (broad SMARTS) is 1. The largest absolute Gasteiger partial charge is 0.481 e. The highest BCUT2D eigenvalue weighted by molar-refractivity contribution is 5.82. The van der Waals surface area contributed by atoms with Gasteiger partial charge < -0.3 is 30.2 Å². The molecule has 1 aromatic rings. The number of rotatable bonds is 38. The highest BCUT2D eigenvalue weighted by Gasteiger charge is 2.22. The van der Waals surface area contributed by atoms with Crippen molar-refractivity contribution in [2.45, 2.75) is 199 Å². The van der Waals surface area contributed by atoms with Crippen molar-refractivity contribution >= 4 is 23.8 Å². The van der Waals surface area contributed by atoms with Gasteiger partial charge in [-0.05, 0) is 19.3 Å². The van der Waals surface area contributed by atoms with Crippen molar-refractivity contribution in [1.29, 1.82) is 0 Å². The van der Waals surface area contributed by atoms with Crippen molar-refractivity contribution in [3.63, 3.8) is 0 Å². The Balaban J connectivity index is 2.20. The summed E-state index contributed by atoms with van der Waals surface area (Å²) in [5.41, 5.74) is 6.99. The van der Waals surface area contributed by atoms with Crippen LogP contribution in [0.4, 0.5) is 0 Å². The number of carbonyl (C=O) groups is 4. The van der Waals surface area contributed by atoms with Gasteiger partial charge in [-0.3, -0.25) is 19.2 Å². The lowest BCUT2D eigenvalue weighted by atomic mass is 10.0. The van der Waals surface area contributed by atoms with Gasteiger partial charge in [0.2, 0.25) is 5.91 Å². The smallest absolute Gasteiger partial charge is 0.305 e. The van der Waals surface area contributed by atoms with Crippen LogP contribution in [0, 0.1) is 0 Å². The quantitative estimate of drug-likeness (QED) is 0.0442. The maximum Gasteiger partial charge on any atom is 0.305 e. The van der Waals surface area contributed by atoms with Crippen LogP contribution < -0.4 is 5.73 Å². The Morgan fingerprint density at radius 3 is 1.38 bits per heavy atom. The number of nitrogens with two attached hydrogens (primary N) is 1. The lowest BCUT2D eigenvalue weighted by Crippen LogP contribution is -2.47. The topological polar surface area (TPSA) is 165 Å². The Bertz CT molecular complexity index is 1040. The van der Waals surface area contributed by atoms with Gasteiger partial charge in [-0.15, -0.1) is 0 Å². The zero-order chi connectivity index (χ0) is 38.6. The molecule has 1 amide bonds. The summed E-state index contributed by atoms with van der Waals surface area (Å²) in [7, 11) is 0. The first-order valence-corrected chi connectivity index (χ1v) is 21.4. The van der Waals surface area contributed by atoms with Crippen molar-refractivity contribution in [2.24, 2.45) is 5.73 Å². The van der Waals surface area contributed by atoms with Crippen molar-refractivity contribution in [3.8, 4) is 0 Å². The number of ether oxygens (including phenoxy) is 2. The molecule has 0 saturated carbocycles. The standard InChI is InChI=1S/C42H76N4O7/c1-2-3-4-5-6-7-8-9-13-16-19-22-25-28-40(49)52-32-30-46(42(51)38(43)34-37-35-44-36-45-37)31-33-53-41(50)29-26-23-20-17-14-11-10-12-15-18-21-24-27-39(47)48/h35-36,38H,2-34,43H2,1H3,(H,44,45)(H,47,48)/t38-/m0/s1. The summed E-state index contributed by atoms with van der Waals surface area (Å²) in [5, 5.41) is 8.68. The summed E-state index contributed by atoms with van der Waals surface area (Å²) >= 11 is 0. The maximum atomic E-state index is 13.2. The molecule has 1 rings (SSSR count). The zero-order valence-corrected chi connectivity index (χ0v) is 33.4. The second kappa shape index (κ2) is 34.8. The van der Waals surface area contributed by atoms with Crippen LogP contribution in [-0.4, -0.2) is 76.1 Å². The molecule has 53 heavy (non-hydrogen) atoms. The summed E-state index contributed by atoms with van der Waals surface area (Å²) in [4.78, 5) is 57.0. The molecule has 0 fully saturated rings. The number of carboxylic acids is 1. The zero-order valence-electron chi connectivity index (χ0n) is 33.4. The number of hydrogen-bond donors (Lipinski definition) is 3. The highest BCUT2D eigenvalue weighted by Crippen LogP contribution is 2.15. The lowest BCUT2D eigenvalue weighted by Gasteiger charge is -2.25. The van der Waals surface area contributed by atoms with Gasteiger partial charge >= 0.3 is 17.9 Å². The summed E-state index contributed by atoms with van der Waals surface area (Å²) in [5.74, 6) is -1.52. The number of unbranched alkanes of at least 4 members (excludes halogenated alkanes) is 23. The number of hydrogen-bond acceptors (Lipinski definition) is 8. The molecule has 0 aliphatic heterocycles. The molecule has 1 heterocycles. The van der Waals surface area contributed by atoms with Crippen molar-refractivity contribution in [2.75, 3.05) is 26.3 Å². The third kappa shape index (κ3) is 30.1. The van der Waals surface area contributed by atoms with E-state index < -0.39 is 12.0 Å². The fraction of sp³-hybridized carbons (Fsp3) is 0.833. The van der Waals surface area contributed by atoms with Gasteiger partial charge in [0.05, 0.1) is 25.5 Å². The number of aliphatic carboxylic acids is 1. The van der Waals surface area contributed by atoms with Crippen LogP contribution in [-0.2, 0) is 35.1 Å². The van der Waals surface area contributed by atoms with Crippen LogP contribution in [0.5, 0.6) is 0 Å². The molecule has 11 heteroatoms. The molecule has 4 N–H and O–H groups in total. The molecule has 0 unspecified atom stereocenters. The first-order valence-electron chi connectivity index (χ1n) is 21.4. The molecule has 0 radical (unpaired) electrons. The number of H-pyrrole nitrogens is 1. The van der Waals surface area contributed by atoms with Crippen LogP contribution in [0.2, 0.25) is 0 Å². The van der Waals surface area contributed by atoms with E-state index in [9.17, 15) is 19.2 Å². The Labute approximate surface area is 321 Å². The van der Waals surface area contributed by atoms with Gasteiger partial charge in [-0.2, -0.15) is 0 Å². The minimum Gasteiger partial charge on any atom is -0.481 e. The average molecular weight is 749 g/mol. The lowest BCUT2D eigenvalue weighted by molar-refractivity contribution is -0.148. The number of nitrogens with zero attached hydrogens (tertiary/aromatic N) is 2. The minimum absolute atomic E-state index is 0.0633. The Morgan fingerprint density at radius 1 is 0.642 bits per heavy atom. The second-order valence-corrected chi connectivity index (χ2v) is 14.8. The Hall–Kier alpha value is -2.95. The molecule has 0 saturated heterocycles. The monoisotopic (exact) mass is 749 g/mol. The van der Waals surface area contributed by atoms with E-state index in [1.807, 2.05) is 0 Å². The normalized spacial score (nSPS) is 11.7. The second-order valence-electron chi connectivity index (χ2n) is 14.8. The van der Waals surface area contributed by atoms with Crippen LogP contribution in [0.1, 0.15) is 192 Å². The highest BCUT2D eigenvalue weighted by atomic mass is 16.5. The van der Waals surface area contributed by atoms with Crippen LogP contribution in [0.15, 0.2) is 12.5 Å². The predicted molar refractivity (Wildman–Crippen MR) is 211 cm³/mol. The van der Waals surface area contributed by atoms with Gasteiger partial charge in [0.25, 0.3) is 0 Å². The van der Waals surface area contributed by atoms with Crippen molar-refractivity contribution in [3.05, 3.63) is 18.2 Å². The van der Waals surface area contributed by atoms with Crippen molar-refractivity contribution in [1.82, 2.24) is 14.9 Å².